The third kappa shape index (κ3) is 9.16. The largest absolute Gasteiger partial charge is 0.506 e. The molecule has 1 aliphatic heterocycles. The van der Waals surface area contributed by atoms with Gasteiger partial charge in [0, 0.05) is 54.6 Å². The van der Waals surface area contributed by atoms with Crippen molar-refractivity contribution in [3.63, 3.8) is 0 Å². The van der Waals surface area contributed by atoms with E-state index >= 15 is 0 Å². The molecule has 1 fully saturated rings. The first-order valence-electron chi connectivity index (χ1n) is 18.4. The van der Waals surface area contributed by atoms with E-state index in [9.17, 15) is 19.8 Å². The number of aromatic nitrogens is 1. The van der Waals surface area contributed by atoms with E-state index < -0.39 is 12.2 Å². The summed E-state index contributed by atoms with van der Waals surface area (Å²) in [5, 5.41) is 31.5. The van der Waals surface area contributed by atoms with Crippen LogP contribution in [0.1, 0.15) is 35.6 Å². The van der Waals surface area contributed by atoms with E-state index in [4.69, 9.17) is 4.74 Å². The number of nitrogens with one attached hydrogen (secondary N) is 4. The second-order valence-corrected chi connectivity index (χ2v) is 13.7. The number of fused-ring (bicyclic) bond motifs is 1. The van der Waals surface area contributed by atoms with Crippen molar-refractivity contribution in [3.8, 4) is 16.9 Å². The van der Waals surface area contributed by atoms with Gasteiger partial charge in [-0.3, -0.25) is 15.0 Å². The Balaban J connectivity index is 0.857. The predicted molar refractivity (Wildman–Crippen MR) is 214 cm³/mol. The molecule has 1 unspecified atom stereocenters. The second kappa shape index (κ2) is 17.3. The summed E-state index contributed by atoms with van der Waals surface area (Å²) < 4.78 is 5.86. The molecule has 276 valence electrons. The molecule has 2 heterocycles. The SMILES string of the molecule is O=C(Nc1ccccc1-c1ccccc1)OC1CCN(Cc2ccccc2Nc2ccc(CCNCC(O)c3ccc(O)c4[nH]c(=O)ccc34)cc2)CC1. The first-order valence-corrected chi connectivity index (χ1v) is 18.4. The van der Waals surface area contributed by atoms with Crippen LogP contribution < -0.4 is 21.5 Å². The smallest absolute Gasteiger partial charge is 0.411 e. The van der Waals surface area contributed by atoms with E-state index in [-0.39, 0.29) is 17.4 Å². The van der Waals surface area contributed by atoms with Crippen molar-refractivity contribution in [3.05, 3.63) is 154 Å². The van der Waals surface area contributed by atoms with Gasteiger partial charge in [0.25, 0.3) is 0 Å². The molecular weight excluding hydrogens is 679 g/mol. The summed E-state index contributed by atoms with van der Waals surface area (Å²) >= 11 is 0. The number of para-hydroxylation sites is 2. The Morgan fingerprint density at radius 2 is 1.56 bits per heavy atom. The number of aromatic amines is 1. The van der Waals surface area contributed by atoms with Crippen molar-refractivity contribution >= 4 is 34.1 Å². The lowest BCUT2D eigenvalue weighted by Gasteiger charge is -2.32. The lowest BCUT2D eigenvalue weighted by atomic mass is 10.0. The predicted octanol–water partition coefficient (Wildman–Crippen LogP) is 7.72. The Labute approximate surface area is 314 Å². The van der Waals surface area contributed by atoms with Crippen molar-refractivity contribution < 1.29 is 19.7 Å². The number of rotatable bonds is 13. The van der Waals surface area contributed by atoms with Gasteiger partial charge < -0.3 is 30.6 Å². The number of pyridine rings is 1. The number of aliphatic hydroxyl groups is 1. The Bertz CT molecular complexity index is 2230. The highest BCUT2D eigenvalue weighted by molar-refractivity contribution is 5.91. The molecule has 7 rings (SSSR count). The number of piperidine rings is 1. The van der Waals surface area contributed by atoms with Gasteiger partial charge in [0.2, 0.25) is 5.56 Å². The zero-order valence-corrected chi connectivity index (χ0v) is 30.0. The highest BCUT2D eigenvalue weighted by Crippen LogP contribution is 2.30. The van der Waals surface area contributed by atoms with E-state index in [1.807, 2.05) is 60.7 Å². The number of amides is 1. The second-order valence-electron chi connectivity index (χ2n) is 13.7. The Morgan fingerprint density at radius 1 is 0.833 bits per heavy atom. The van der Waals surface area contributed by atoms with Crippen molar-refractivity contribution in [1.82, 2.24) is 15.2 Å². The Morgan fingerprint density at radius 3 is 2.35 bits per heavy atom. The summed E-state index contributed by atoms with van der Waals surface area (Å²) in [6.45, 7) is 3.46. The number of aromatic hydroxyl groups is 1. The zero-order valence-electron chi connectivity index (χ0n) is 30.0. The molecule has 1 saturated heterocycles. The molecule has 0 saturated carbocycles. The number of H-pyrrole nitrogens is 1. The number of phenols is 1. The molecule has 0 bridgehead atoms. The van der Waals surface area contributed by atoms with E-state index in [0.29, 0.717) is 29.6 Å². The van der Waals surface area contributed by atoms with Gasteiger partial charge in [0.15, 0.2) is 0 Å². The molecule has 1 atom stereocenters. The van der Waals surface area contributed by atoms with Crippen LogP contribution in [-0.2, 0) is 17.7 Å². The summed E-state index contributed by atoms with van der Waals surface area (Å²) in [5.41, 5.74) is 7.81. The van der Waals surface area contributed by atoms with Gasteiger partial charge in [-0.15, -0.1) is 0 Å². The maximum atomic E-state index is 12.9. The summed E-state index contributed by atoms with van der Waals surface area (Å²) in [5.74, 6) is -0.0272. The lowest BCUT2D eigenvalue weighted by molar-refractivity contribution is 0.0567. The van der Waals surface area contributed by atoms with Crippen LogP contribution in [0.3, 0.4) is 0 Å². The average molecular weight is 724 g/mol. The summed E-state index contributed by atoms with van der Waals surface area (Å²) in [4.78, 5) is 29.6. The van der Waals surface area contributed by atoms with Crippen LogP contribution in [0.4, 0.5) is 21.9 Å². The Hall–Kier alpha value is -5.94. The first kappa shape index (κ1) is 36.4. The van der Waals surface area contributed by atoms with Crippen LogP contribution in [0.2, 0.25) is 0 Å². The first-order chi connectivity index (χ1) is 26.4. The van der Waals surface area contributed by atoms with Gasteiger partial charge in [-0.25, -0.2) is 4.79 Å². The summed E-state index contributed by atoms with van der Waals surface area (Å²) in [6, 6.07) is 40.7. The van der Waals surface area contributed by atoms with Crippen molar-refractivity contribution in [2.75, 3.05) is 36.8 Å². The monoisotopic (exact) mass is 723 g/mol. The van der Waals surface area contributed by atoms with Gasteiger partial charge >= 0.3 is 6.09 Å². The van der Waals surface area contributed by atoms with Gasteiger partial charge in [-0.1, -0.05) is 84.9 Å². The summed E-state index contributed by atoms with van der Waals surface area (Å²) in [6.07, 6.45) is 0.973. The molecule has 1 aliphatic rings. The normalized spacial score (nSPS) is 14.1. The number of likely N-dealkylation sites (tertiary alicyclic amines) is 1. The van der Waals surface area contributed by atoms with Gasteiger partial charge in [-0.05, 0) is 84.5 Å². The van der Waals surface area contributed by atoms with Crippen molar-refractivity contribution in [1.29, 1.82) is 0 Å². The van der Waals surface area contributed by atoms with E-state index in [1.54, 1.807) is 12.1 Å². The molecule has 6 N–H and O–H groups in total. The topological polar surface area (TPSA) is 139 Å². The summed E-state index contributed by atoms with van der Waals surface area (Å²) in [7, 11) is 0. The minimum absolute atomic E-state index is 0.0272. The molecule has 54 heavy (non-hydrogen) atoms. The fourth-order valence-electron chi connectivity index (χ4n) is 7.00. The number of benzene rings is 5. The van der Waals surface area contributed by atoms with Gasteiger partial charge in [-0.2, -0.15) is 0 Å². The molecule has 1 aromatic heterocycles. The maximum absolute atomic E-state index is 12.9. The van der Waals surface area contributed by atoms with E-state index in [0.717, 1.165) is 67.1 Å². The molecule has 0 spiro atoms. The van der Waals surface area contributed by atoms with Crippen LogP contribution in [0.25, 0.3) is 22.0 Å². The number of aliphatic hydroxyl groups excluding tert-OH is 1. The highest BCUT2D eigenvalue weighted by atomic mass is 16.6. The number of carbonyl (C=O) groups is 1. The minimum Gasteiger partial charge on any atom is -0.506 e. The highest BCUT2D eigenvalue weighted by Gasteiger charge is 2.23. The fourth-order valence-corrected chi connectivity index (χ4v) is 7.00. The molecule has 6 aromatic rings. The zero-order chi connectivity index (χ0) is 37.3. The van der Waals surface area contributed by atoms with Crippen LogP contribution in [-0.4, -0.2) is 58.5 Å². The molecule has 0 radical (unpaired) electrons. The van der Waals surface area contributed by atoms with Crippen LogP contribution in [0.5, 0.6) is 5.75 Å². The maximum Gasteiger partial charge on any atom is 0.411 e. The standard InChI is InChI=1S/C44H45N5O5/c50-40-20-18-36(37-19-21-42(52)48-43(37)40)41(51)28-45-25-22-30-14-16-33(17-15-30)46-38-12-6-4-10-32(38)29-49-26-23-34(24-27-49)54-44(53)47-39-13-7-5-11-35(39)31-8-2-1-3-9-31/h1-21,34,41,45-46,50-51H,22-29H2,(H,47,53)(H,48,52). The molecular formula is C44H45N5O5. The number of anilines is 3. The van der Waals surface area contributed by atoms with E-state index in [2.05, 4.69) is 68.3 Å². The quantitative estimate of drug-likeness (QED) is 0.0667. The Kier molecular flexibility index (Phi) is 11.6. The van der Waals surface area contributed by atoms with E-state index in [1.165, 1.54) is 23.3 Å². The molecule has 1 amide bonds. The number of phenolic OH excluding ortho intramolecular Hbond substituents is 1. The number of ether oxygens (including phenoxy) is 1. The van der Waals surface area contributed by atoms with Crippen LogP contribution in [0.15, 0.2) is 132 Å². The van der Waals surface area contributed by atoms with Gasteiger partial charge in [0.05, 0.1) is 17.3 Å². The number of hydrogen-bond donors (Lipinski definition) is 6. The molecule has 0 aliphatic carbocycles. The van der Waals surface area contributed by atoms with Crippen LogP contribution in [0, 0.1) is 0 Å². The lowest BCUT2D eigenvalue weighted by Crippen LogP contribution is -2.38. The van der Waals surface area contributed by atoms with Crippen molar-refractivity contribution in [2.45, 2.75) is 38.0 Å². The molecule has 10 heteroatoms. The average Bonchev–Trinajstić information content (AvgIpc) is 3.19. The number of carbonyl (C=O) groups excluding carboxylic acids is 1. The third-order valence-corrected chi connectivity index (χ3v) is 9.90. The number of nitrogens with zero attached hydrogens (tertiary/aromatic N) is 1. The fraction of sp³-hybridized carbons (Fsp3) is 0.227. The number of hydrogen-bond acceptors (Lipinski definition) is 8. The molecule has 10 nitrogen and oxygen atoms in total. The minimum atomic E-state index is -0.800. The van der Waals surface area contributed by atoms with Gasteiger partial charge in [0.1, 0.15) is 11.9 Å². The molecule has 5 aromatic carbocycles. The van der Waals surface area contributed by atoms with Crippen LogP contribution >= 0.6 is 0 Å². The third-order valence-electron chi connectivity index (χ3n) is 9.90. The van der Waals surface area contributed by atoms with Crippen molar-refractivity contribution in [2.24, 2.45) is 0 Å².